The Morgan fingerprint density at radius 3 is 3.10 bits per heavy atom. The zero-order valence-electron chi connectivity index (χ0n) is 12.4. The second-order valence-electron chi connectivity index (χ2n) is 5.49. The number of halogens is 1. The number of aromatic nitrogens is 2. The number of fused-ring (bicyclic) bond motifs is 1. The Kier molecular flexibility index (Phi) is 4.31. The summed E-state index contributed by atoms with van der Waals surface area (Å²) >= 11 is 3.51. The molecule has 1 unspecified atom stereocenters. The summed E-state index contributed by atoms with van der Waals surface area (Å²) in [7, 11) is 1.98. The van der Waals surface area contributed by atoms with E-state index in [0.717, 1.165) is 36.2 Å². The van der Waals surface area contributed by atoms with Gasteiger partial charge in [-0.1, -0.05) is 22.0 Å². The van der Waals surface area contributed by atoms with Crippen molar-refractivity contribution in [3.8, 4) is 5.75 Å². The van der Waals surface area contributed by atoms with Crippen LogP contribution >= 0.6 is 15.9 Å². The maximum absolute atomic E-state index is 5.85. The Morgan fingerprint density at radius 2 is 2.33 bits per heavy atom. The fraction of sp³-hybridized carbons (Fsp3) is 0.438. The van der Waals surface area contributed by atoms with E-state index in [1.165, 1.54) is 16.8 Å². The van der Waals surface area contributed by atoms with Gasteiger partial charge in [0.2, 0.25) is 0 Å². The van der Waals surface area contributed by atoms with Gasteiger partial charge >= 0.3 is 0 Å². The van der Waals surface area contributed by atoms with Crippen LogP contribution in [0.2, 0.25) is 0 Å². The molecule has 0 saturated carbocycles. The van der Waals surface area contributed by atoms with Gasteiger partial charge in [-0.25, -0.2) is 0 Å². The monoisotopic (exact) mass is 349 g/mol. The highest BCUT2D eigenvalue weighted by atomic mass is 79.9. The van der Waals surface area contributed by atoms with Crippen molar-refractivity contribution >= 4 is 15.9 Å². The molecule has 3 rings (SSSR count). The van der Waals surface area contributed by atoms with Gasteiger partial charge in [-0.2, -0.15) is 5.10 Å². The third kappa shape index (κ3) is 3.14. The Bertz CT molecular complexity index is 638. The zero-order chi connectivity index (χ0) is 14.8. The molecule has 1 aromatic carbocycles. The standard InChI is InChI=1S/C16H20BrN3O/c1-11-12(10-19-20(11)2)9-18-15-4-3-7-21-16-8-13(17)5-6-14(15)16/h5-6,8,10,15,18H,3-4,7,9H2,1-2H3. The van der Waals surface area contributed by atoms with Crippen LogP contribution in [0.3, 0.4) is 0 Å². The summed E-state index contributed by atoms with van der Waals surface area (Å²) < 4.78 is 8.83. The first kappa shape index (κ1) is 14.6. The second kappa shape index (κ2) is 6.20. The molecule has 1 aliphatic heterocycles. The Labute approximate surface area is 133 Å². The molecule has 1 aliphatic rings. The SMILES string of the molecule is Cc1c(CNC2CCCOc3cc(Br)ccc32)cnn1C. The average molecular weight is 350 g/mol. The van der Waals surface area contributed by atoms with Crippen LogP contribution in [0, 0.1) is 6.92 Å². The van der Waals surface area contributed by atoms with Gasteiger partial charge in [0.25, 0.3) is 0 Å². The molecule has 4 nitrogen and oxygen atoms in total. The van der Waals surface area contributed by atoms with E-state index in [2.05, 4.69) is 51.5 Å². The molecule has 1 N–H and O–H groups in total. The molecule has 0 spiro atoms. The van der Waals surface area contributed by atoms with Gasteiger partial charge in [0.05, 0.1) is 12.8 Å². The van der Waals surface area contributed by atoms with E-state index in [9.17, 15) is 0 Å². The second-order valence-corrected chi connectivity index (χ2v) is 6.40. The predicted octanol–water partition coefficient (Wildman–Crippen LogP) is 3.49. The normalized spacial score (nSPS) is 18.0. The largest absolute Gasteiger partial charge is 0.493 e. The first-order chi connectivity index (χ1) is 10.1. The van der Waals surface area contributed by atoms with Gasteiger partial charge in [0.15, 0.2) is 0 Å². The predicted molar refractivity (Wildman–Crippen MR) is 86.4 cm³/mol. The lowest BCUT2D eigenvalue weighted by molar-refractivity contribution is 0.315. The molecule has 21 heavy (non-hydrogen) atoms. The van der Waals surface area contributed by atoms with E-state index in [1.807, 2.05) is 17.9 Å². The van der Waals surface area contributed by atoms with Crippen molar-refractivity contribution in [3.05, 3.63) is 45.7 Å². The minimum absolute atomic E-state index is 0.329. The Morgan fingerprint density at radius 1 is 1.48 bits per heavy atom. The van der Waals surface area contributed by atoms with E-state index in [-0.39, 0.29) is 0 Å². The summed E-state index contributed by atoms with van der Waals surface area (Å²) in [6.07, 6.45) is 4.10. The van der Waals surface area contributed by atoms with Crippen molar-refractivity contribution in [2.45, 2.75) is 32.4 Å². The summed E-state index contributed by atoms with van der Waals surface area (Å²) in [4.78, 5) is 0. The number of nitrogens with zero attached hydrogens (tertiary/aromatic N) is 2. The highest BCUT2D eigenvalue weighted by molar-refractivity contribution is 9.10. The van der Waals surface area contributed by atoms with Gasteiger partial charge in [-0.15, -0.1) is 0 Å². The topological polar surface area (TPSA) is 39.1 Å². The van der Waals surface area contributed by atoms with Gasteiger partial charge in [-0.05, 0) is 31.9 Å². The average Bonchev–Trinajstić information content (AvgIpc) is 2.69. The molecule has 112 valence electrons. The molecule has 0 aliphatic carbocycles. The van der Waals surface area contributed by atoms with Gasteiger partial charge in [0.1, 0.15) is 5.75 Å². The molecular formula is C16H20BrN3O. The fourth-order valence-electron chi connectivity index (χ4n) is 2.71. The maximum atomic E-state index is 5.85. The van der Waals surface area contributed by atoms with E-state index in [0.29, 0.717) is 6.04 Å². The first-order valence-corrected chi connectivity index (χ1v) is 8.07. The minimum Gasteiger partial charge on any atom is -0.493 e. The van der Waals surface area contributed by atoms with Crippen LogP contribution in [0.5, 0.6) is 5.75 Å². The Hall–Kier alpha value is -1.33. The lowest BCUT2D eigenvalue weighted by Gasteiger charge is -2.18. The van der Waals surface area contributed by atoms with Crippen LogP contribution in [0.15, 0.2) is 28.9 Å². The summed E-state index contributed by atoms with van der Waals surface area (Å²) in [5.74, 6) is 0.988. The number of rotatable bonds is 3. The molecule has 1 aromatic heterocycles. The van der Waals surface area contributed by atoms with Crippen LogP contribution in [-0.2, 0) is 13.6 Å². The first-order valence-electron chi connectivity index (χ1n) is 7.28. The minimum atomic E-state index is 0.329. The van der Waals surface area contributed by atoms with Crippen molar-refractivity contribution < 1.29 is 4.74 Å². The van der Waals surface area contributed by atoms with Crippen molar-refractivity contribution in [2.24, 2.45) is 7.05 Å². The van der Waals surface area contributed by atoms with Crippen molar-refractivity contribution in [1.29, 1.82) is 0 Å². The summed E-state index contributed by atoms with van der Waals surface area (Å²) in [6, 6.07) is 6.62. The lowest BCUT2D eigenvalue weighted by atomic mass is 10.0. The van der Waals surface area contributed by atoms with Gasteiger partial charge < -0.3 is 10.1 Å². The number of hydrogen-bond donors (Lipinski definition) is 1. The van der Waals surface area contributed by atoms with Crippen LogP contribution < -0.4 is 10.1 Å². The van der Waals surface area contributed by atoms with Crippen molar-refractivity contribution in [2.75, 3.05) is 6.61 Å². The lowest BCUT2D eigenvalue weighted by Crippen LogP contribution is -2.21. The summed E-state index contributed by atoms with van der Waals surface area (Å²) in [6.45, 7) is 3.72. The van der Waals surface area contributed by atoms with E-state index < -0.39 is 0 Å². The number of benzene rings is 1. The van der Waals surface area contributed by atoms with Crippen LogP contribution in [-0.4, -0.2) is 16.4 Å². The van der Waals surface area contributed by atoms with E-state index in [4.69, 9.17) is 4.74 Å². The molecule has 0 saturated heterocycles. The van der Waals surface area contributed by atoms with Crippen molar-refractivity contribution in [1.82, 2.24) is 15.1 Å². The molecule has 5 heteroatoms. The van der Waals surface area contributed by atoms with Crippen molar-refractivity contribution in [3.63, 3.8) is 0 Å². The molecule has 0 amide bonds. The smallest absolute Gasteiger partial charge is 0.125 e. The van der Waals surface area contributed by atoms with E-state index in [1.54, 1.807) is 0 Å². The number of hydrogen-bond acceptors (Lipinski definition) is 3. The molecule has 2 aromatic rings. The number of nitrogens with one attached hydrogen (secondary N) is 1. The molecule has 0 bridgehead atoms. The fourth-order valence-corrected chi connectivity index (χ4v) is 3.05. The highest BCUT2D eigenvalue weighted by Crippen LogP contribution is 2.33. The van der Waals surface area contributed by atoms with Gasteiger partial charge in [0, 0.05) is 40.9 Å². The van der Waals surface area contributed by atoms with Crippen LogP contribution in [0.1, 0.15) is 35.7 Å². The summed E-state index contributed by atoms with van der Waals surface area (Å²) in [5, 5.41) is 7.96. The molecular weight excluding hydrogens is 330 g/mol. The van der Waals surface area contributed by atoms with E-state index >= 15 is 0 Å². The maximum Gasteiger partial charge on any atom is 0.125 e. The summed E-state index contributed by atoms with van der Waals surface area (Å²) in [5.41, 5.74) is 3.71. The van der Waals surface area contributed by atoms with Crippen LogP contribution in [0.25, 0.3) is 0 Å². The third-order valence-corrected chi connectivity index (χ3v) is 4.61. The quantitative estimate of drug-likeness (QED) is 0.921. The molecule has 2 heterocycles. The molecule has 0 fully saturated rings. The van der Waals surface area contributed by atoms with Gasteiger partial charge in [-0.3, -0.25) is 4.68 Å². The Balaban J connectivity index is 1.78. The third-order valence-electron chi connectivity index (χ3n) is 4.12. The molecule has 1 atom stereocenters. The number of aryl methyl sites for hydroxylation is 1. The number of ether oxygens (including phenoxy) is 1. The zero-order valence-corrected chi connectivity index (χ0v) is 14.0. The highest BCUT2D eigenvalue weighted by Gasteiger charge is 2.20. The van der Waals surface area contributed by atoms with Crippen LogP contribution in [0.4, 0.5) is 0 Å². The molecule has 0 radical (unpaired) electrons.